The number of hydrogen-bond donors (Lipinski definition) is 2. The van der Waals surface area contributed by atoms with Crippen molar-refractivity contribution in [1.29, 1.82) is 0 Å². The first-order valence-electron chi connectivity index (χ1n) is 7.41. The number of aromatic nitrogens is 2. The standard InChI is InChI=1S/C14H21N5O2/c1-10(2)19-7-4-11(17-19)8-18-12(20)14(16-13(18)21)5-3-6-15-9-14/h4,7,10,15H,3,5-6,8-9H2,1-2H3,(H,16,21). The zero-order chi connectivity index (χ0) is 15.0. The molecule has 0 aromatic carbocycles. The first-order chi connectivity index (χ1) is 10.0. The summed E-state index contributed by atoms with van der Waals surface area (Å²) in [6.45, 7) is 5.70. The molecule has 2 fully saturated rings. The summed E-state index contributed by atoms with van der Waals surface area (Å²) in [7, 11) is 0. The molecule has 7 nitrogen and oxygen atoms in total. The molecule has 1 aromatic rings. The van der Waals surface area contributed by atoms with Gasteiger partial charge in [0.25, 0.3) is 5.91 Å². The van der Waals surface area contributed by atoms with Gasteiger partial charge in [-0.2, -0.15) is 5.10 Å². The van der Waals surface area contributed by atoms with Crippen LogP contribution in [0.15, 0.2) is 12.3 Å². The van der Waals surface area contributed by atoms with Gasteiger partial charge in [0.1, 0.15) is 5.54 Å². The molecule has 3 amide bonds. The summed E-state index contributed by atoms with van der Waals surface area (Å²) in [6, 6.07) is 1.79. The Hall–Kier alpha value is -1.89. The van der Waals surface area contributed by atoms with Gasteiger partial charge in [-0.05, 0) is 39.3 Å². The minimum Gasteiger partial charge on any atom is -0.322 e. The Morgan fingerprint density at radius 2 is 2.24 bits per heavy atom. The minimum absolute atomic E-state index is 0.140. The normalized spacial score (nSPS) is 26.0. The maximum atomic E-state index is 12.6. The summed E-state index contributed by atoms with van der Waals surface area (Å²) in [6.07, 6.45) is 3.46. The Balaban J connectivity index is 1.76. The topological polar surface area (TPSA) is 79.3 Å². The molecule has 7 heteroatoms. The fourth-order valence-corrected chi connectivity index (χ4v) is 2.93. The van der Waals surface area contributed by atoms with E-state index in [0.29, 0.717) is 13.0 Å². The predicted molar refractivity (Wildman–Crippen MR) is 76.5 cm³/mol. The lowest BCUT2D eigenvalue weighted by Crippen LogP contribution is -2.57. The van der Waals surface area contributed by atoms with Crippen molar-refractivity contribution in [3.63, 3.8) is 0 Å². The summed E-state index contributed by atoms with van der Waals surface area (Å²) < 4.78 is 1.83. The van der Waals surface area contributed by atoms with Gasteiger partial charge in [0.05, 0.1) is 12.2 Å². The summed E-state index contributed by atoms with van der Waals surface area (Å²) in [4.78, 5) is 26.0. The van der Waals surface area contributed by atoms with Crippen molar-refractivity contribution >= 4 is 11.9 Å². The monoisotopic (exact) mass is 291 g/mol. The highest BCUT2D eigenvalue weighted by molar-refractivity contribution is 6.07. The third-order valence-corrected chi connectivity index (χ3v) is 4.14. The summed E-state index contributed by atoms with van der Waals surface area (Å²) in [5.74, 6) is -0.140. The van der Waals surface area contributed by atoms with Crippen LogP contribution >= 0.6 is 0 Å². The van der Waals surface area contributed by atoms with Gasteiger partial charge in [0.2, 0.25) is 0 Å². The van der Waals surface area contributed by atoms with Crippen molar-refractivity contribution in [3.8, 4) is 0 Å². The Morgan fingerprint density at radius 3 is 2.86 bits per heavy atom. The molecule has 2 saturated heterocycles. The van der Waals surface area contributed by atoms with E-state index >= 15 is 0 Å². The smallest absolute Gasteiger partial charge is 0.322 e. The fourth-order valence-electron chi connectivity index (χ4n) is 2.93. The van der Waals surface area contributed by atoms with Crippen LogP contribution in [0, 0.1) is 0 Å². The van der Waals surface area contributed by atoms with Gasteiger partial charge >= 0.3 is 6.03 Å². The molecule has 21 heavy (non-hydrogen) atoms. The van der Waals surface area contributed by atoms with Crippen molar-refractivity contribution in [2.75, 3.05) is 13.1 Å². The second kappa shape index (κ2) is 5.14. The van der Waals surface area contributed by atoms with Crippen molar-refractivity contribution in [2.45, 2.75) is 44.8 Å². The van der Waals surface area contributed by atoms with E-state index in [1.54, 1.807) is 0 Å². The second-order valence-electron chi connectivity index (χ2n) is 6.06. The van der Waals surface area contributed by atoms with Crippen molar-refractivity contribution < 1.29 is 9.59 Å². The number of rotatable bonds is 3. The molecule has 0 saturated carbocycles. The van der Waals surface area contributed by atoms with Crippen molar-refractivity contribution in [2.24, 2.45) is 0 Å². The van der Waals surface area contributed by atoms with E-state index in [9.17, 15) is 9.59 Å². The van der Waals surface area contributed by atoms with Crippen LogP contribution in [-0.4, -0.2) is 45.2 Å². The van der Waals surface area contributed by atoms with Crippen LogP contribution in [0.1, 0.15) is 38.4 Å². The number of hydrogen-bond acceptors (Lipinski definition) is 4. The van der Waals surface area contributed by atoms with E-state index in [0.717, 1.165) is 18.7 Å². The average molecular weight is 291 g/mol. The van der Waals surface area contributed by atoms with Gasteiger partial charge in [-0.3, -0.25) is 14.4 Å². The number of urea groups is 1. The maximum Gasteiger partial charge on any atom is 0.325 e. The molecule has 1 atom stereocenters. The molecule has 0 radical (unpaired) electrons. The summed E-state index contributed by atoms with van der Waals surface area (Å²) in [5.41, 5.74) is -0.0244. The molecule has 2 aliphatic heterocycles. The molecule has 1 aromatic heterocycles. The molecular weight excluding hydrogens is 270 g/mol. The molecule has 0 aliphatic carbocycles. The Morgan fingerprint density at radius 1 is 1.43 bits per heavy atom. The Labute approximate surface area is 123 Å². The van der Waals surface area contributed by atoms with Gasteiger partial charge in [0, 0.05) is 18.8 Å². The number of carbonyl (C=O) groups is 2. The maximum absolute atomic E-state index is 12.6. The average Bonchev–Trinajstić information content (AvgIpc) is 3.00. The molecule has 1 spiro atoms. The van der Waals surface area contributed by atoms with E-state index in [4.69, 9.17) is 0 Å². The first kappa shape index (κ1) is 14.1. The largest absolute Gasteiger partial charge is 0.325 e. The number of nitrogens with one attached hydrogen (secondary N) is 2. The molecule has 114 valence electrons. The predicted octanol–water partition coefficient (Wildman–Crippen LogP) is 0.638. The highest BCUT2D eigenvalue weighted by Gasteiger charge is 2.51. The minimum atomic E-state index is -0.754. The molecule has 3 rings (SSSR count). The number of carbonyl (C=O) groups excluding carboxylic acids is 2. The van der Waals surface area contributed by atoms with E-state index < -0.39 is 5.54 Å². The fraction of sp³-hybridized carbons (Fsp3) is 0.643. The number of piperidine rings is 1. The molecule has 1 unspecified atom stereocenters. The van der Waals surface area contributed by atoms with E-state index in [1.807, 2.05) is 30.8 Å². The highest BCUT2D eigenvalue weighted by Crippen LogP contribution is 2.26. The van der Waals surface area contributed by atoms with Crippen LogP contribution in [0.3, 0.4) is 0 Å². The summed E-state index contributed by atoms with van der Waals surface area (Å²) in [5, 5.41) is 10.5. The molecule has 3 heterocycles. The number of amides is 3. The number of imide groups is 1. The quantitative estimate of drug-likeness (QED) is 0.801. The van der Waals surface area contributed by atoms with Gasteiger partial charge in [-0.25, -0.2) is 4.79 Å². The highest BCUT2D eigenvalue weighted by atomic mass is 16.2. The lowest BCUT2D eigenvalue weighted by atomic mass is 9.90. The molecule has 2 N–H and O–H groups in total. The SMILES string of the molecule is CC(C)n1ccc(CN2C(=O)NC3(CCCNC3)C2=O)n1. The van der Waals surface area contributed by atoms with E-state index in [-0.39, 0.29) is 24.5 Å². The van der Waals surface area contributed by atoms with Crippen LogP contribution in [0.2, 0.25) is 0 Å². The van der Waals surface area contributed by atoms with Crippen LogP contribution in [0.5, 0.6) is 0 Å². The zero-order valence-corrected chi connectivity index (χ0v) is 12.4. The second-order valence-corrected chi connectivity index (χ2v) is 6.06. The number of nitrogens with zero attached hydrogens (tertiary/aromatic N) is 3. The lowest BCUT2D eigenvalue weighted by Gasteiger charge is -2.31. The van der Waals surface area contributed by atoms with Crippen LogP contribution in [0.4, 0.5) is 4.79 Å². The van der Waals surface area contributed by atoms with Gasteiger partial charge in [0.15, 0.2) is 0 Å². The van der Waals surface area contributed by atoms with Crippen LogP contribution in [-0.2, 0) is 11.3 Å². The van der Waals surface area contributed by atoms with Gasteiger partial charge in [-0.1, -0.05) is 0 Å². The first-order valence-corrected chi connectivity index (χ1v) is 7.41. The molecule has 2 aliphatic rings. The molecular formula is C14H21N5O2. The molecule has 0 bridgehead atoms. The van der Waals surface area contributed by atoms with Crippen LogP contribution < -0.4 is 10.6 Å². The van der Waals surface area contributed by atoms with Gasteiger partial charge < -0.3 is 10.6 Å². The van der Waals surface area contributed by atoms with Gasteiger partial charge in [-0.15, -0.1) is 0 Å². The van der Waals surface area contributed by atoms with E-state index in [1.165, 1.54) is 4.90 Å². The van der Waals surface area contributed by atoms with Crippen molar-refractivity contribution in [3.05, 3.63) is 18.0 Å². The van der Waals surface area contributed by atoms with E-state index in [2.05, 4.69) is 15.7 Å². The Kier molecular flexibility index (Phi) is 3.44. The van der Waals surface area contributed by atoms with Crippen molar-refractivity contribution in [1.82, 2.24) is 25.3 Å². The Bertz CT molecular complexity index is 559. The third-order valence-electron chi connectivity index (χ3n) is 4.14. The summed E-state index contributed by atoms with van der Waals surface area (Å²) >= 11 is 0. The van der Waals surface area contributed by atoms with Crippen LogP contribution in [0.25, 0.3) is 0 Å². The lowest BCUT2D eigenvalue weighted by molar-refractivity contribution is -0.132. The zero-order valence-electron chi connectivity index (χ0n) is 12.4. The third kappa shape index (κ3) is 2.42.